The Balaban J connectivity index is 0.000000251. The molecule has 6 rings (SSSR count). The number of hydrogen-bond donors (Lipinski definition) is 3. The van der Waals surface area contributed by atoms with Crippen LogP contribution in [-0.4, -0.2) is 70.3 Å². The van der Waals surface area contributed by atoms with Crippen LogP contribution in [0.2, 0.25) is 0 Å². The van der Waals surface area contributed by atoms with Crippen LogP contribution in [0.1, 0.15) is 70.8 Å². The maximum Gasteiger partial charge on any atom is 0.232 e. The first-order chi connectivity index (χ1) is 31.7. The van der Waals surface area contributed by atoms with E-state index in [1.807, 2.05) is 62.4 Å². The van der Waals surface area contributed by atoms with Crippen molar-refractivity contribution in [2.45, 2.75) is 59.7 Å². The van der Waals surface area contributed by atoms with Gasteiger partial charge in [-0.3, -0.25) is 18.2 Å². The molecule has 0 unspecified atom stereocenters. The maximum atomic E-state index is 12.8. The van der Waals surface area contributed by atoms with E-state index in [9.17, 15) is 41.7 Å². The highest BCUT2D eigenvalue weighted by Crippen LogP contribution is 2.34. The molecule has 0 saturated heterocycles. The van der Waals surface area contributed by atoms with Gasteiger partial charge < -0.3 is 24.8 Å². The Bertz CT molecular complexity index is 2930. The number of aryl methyl sites for hydroxylation is 2. The molecule has 67 heavy (non-hydrogen) atoms. The van der Waals surface area contributed by atoms with Crippen LogP contribution < -0.4 is 18.1 Å². The van der Waals surface area contributed by atoms with Crippen molar-refractivity contribution >= 4 is 65.6 Å². The molecule has 0 heterocycles. The summed E-state index contributed by atoms with van der Waals surface area (Å²) in [6, 6.07) is 35.5. The number of aliphatic hydroxyl groups is 3. The Hall–Kier alpha value is -5.63. The molecule has 0 aliphatic carbocycles. The van der Waals surface area contributed by atoms with Crippen LogP contribution in [-0.2, 0) is 65.9 Å². The summed E-state index contributed by atoms with van der Waals surface area (Å²) in [7, 11) is -4.16. The van der Waals surface area contributed by atoms with Gasteiger partial charge in [0.15, 0.2) is 11.6 Å². The predicted molar refractivity (Wildman–Crippen MR) is 270 cm³/mol. The molecule has 0 atom stereocenters. The molecule has 13 nitrogen and oxygen atoms in total. The lowest BCUT2D eigenvalue weighted by atomic mass is 10.0. The molecule has 0 aliphatic rings. The van der Waals surface area contributed by atoms with Crippen molar-refractivity contribution in [1.82, 2.24) is 0 Å². The second-order valence-electron chi connectivity index (χ2n) is 16.1. The molecular formula is C51H55IN2O11S2. The molecule has 0 spiro atoms. The van der Waals surface area contributed by atoms with E-state index in [0.29, 0.717) is 45.1 Å². The lowest BCUT2D eigenvalue weighted by Gasteiger charge is -2.21. The minimum Gasteiger partial charge on any atom is -0.487 e. The van der Waals surface area contributed by atoms with Crippen molar-refractivity contribution in [3.05, 3.63) is 186 Å². The van der Waals surface area contributed by atoms with Gasteiger partial charge in [-0.15, -0.1) is 0 Å². The molecule has 0 fully saturated rings. The van der Waals surface area contributed by atoms with E-state index < -0.39 is 20.0 Å². The number of benzene rings is 6. The highest BCUT2D eigenvalue weighted by atomic mass is 127. The van der Waals surface area contributed by atoms with Crippen LogP contribution in [0.25, 0.3) is 0 Å². The van der Waals surface area contributed by atoms with Crippen LogP contribution in [0, 0.1) is 17.4 Å². The van der Waals surface area contributed by atoms with Gasteiger partial charge in [-0.1, -0.05) is 96.1 Å². The smallest absolute Gasteiger partial charge is 0.232 e. The molecule has 6 aromatic carbocycles. The number of hydrogen-bond acceptors (Lipinski definition) is 11. The fourth-order valence-electron chi connectivity index (χ4n) is 6.85. The largest absolute Gasteiger partial charge is 0.487 e. The summed E-state index contributed by atoms with van der Waals surface area (Å²) < 4.78 is 64.1. The SMILES string of the molecule is Cc1ccc(CO)c(COc2cc(CC(=O)c3ccc(CO)cc3)ccc2N(C)S(C)(=O)=O)c1.Cc1ccc(CO)c(COc2cc(CC(=O)c3ccc(I)cc3)ccc2N(C)S(C)(=O)=O)c1. The van der Waals surface area contributed by atoms with Gasteiger partial charge in [-0.25, -0.2) is 16.8 Å². The van der Waals surface area contributed by atoms with E-state index in [0.717, 1.165) is 63.6 Å². The van der Waals surface area contributed by atoms with Crippen molar-refractivity contribution in [2.75, 3.05) is 35.2 Å². The molecule has 0 bridgehead atoms. The van der Waals surface area contributed by atoms with Gasteiger partial charge in [0.2, 0.25) is 20.0 Å². The number of halogens is 1. The number of aliphatic hydroxyl groups excluding tert-OH is 3. The second-order valence-corrected chi connectivity index (χ2v) is 21.3. The van der Waals surface area contributed by atoms with Gasteiger partial charge in [0.25, 0.3) is 0 Å². The van der Waals surface area contributed by atoms with E-state index in [1.165, 1.54) is 14.1 Å². The molecule has 0 amide bonds. The van der Waals surface area contributed by atoms with Crippen LogP contribution >= 0.6 is 22.6 Å². The Morgan fingerprint density at radius 1 is 0.507 bits per heavy atom. The van der Waals surface area contributed by atoms with Crippen LogP contribution in [0.15, 0.2) is 121 Å². The van der Waals surface area contributed by atoms with Gasteiger partial charge in [0.1, 0.15) is 24.7 Å². The van der Waals surface area contributed by atoms with Crippen molar-refractivity contribution < 1.29 is 51.2 Å². The number of ether oxygens (including phenoxy) is 2. The zero-order valence-electron chi connectivity index (χ0n) is 38.2. The summed E-state index contributed by atoms with van der Waals surface area (Å²) >= 11 is 2.19. The normalized spacial score (nSPS) is 11.3. The van der Waals surface area contributed by atoms with Gasteiger partial charge in [-0.2, -0.15) is 0 Å². The fraction of sp³-hybridized carbons (Fsp3) is 0.255. The summed E-state index contributed by atoms with van der Waals surface area (Å²) in [5, 5.41) is 28.5. The van der Waals surface area contributed by atoms with Crippen molar-refractivity contribution in [3.63, 3.8) is 0 Å². The number of rotatable bonds is 19. The number of anilines is 2. The molecule has 6 aromatic rings. The number of sulfonamides is 2. The summed E-state index contributed by atoms with van der Waals surface area (Å²) in [5.74, 6) is 0.518. The Labute approximate surface area is 406 Å². The Morgan fingerprint density at radius 3 is 1.24 bits per heavy atom. The van der Waals surface area contributed by atoms with Gasteiger partial charge in [0.05, 0.1) is 43.7 Å². The molecule has 0 aromatic heterocycles. The van der Waals surface area contributed by atoms with E-state index in [-0.39, 0.29) is 57.4 Å². The second kappa shape index (κ2) is 23.4. The molecule has 0 radical (unpaired) electrons. The zero-order chi connectivity index (χ0) is 49.1. The first-order valence-electron chi connectivity index (χ1n) is 21.0. The van der Waals surface area contributed by atoms with Crippen LogP contribution in [0.3, 0.4) is 0 Å². The molecular weight excluding hydrogens is 1010 g/mol. The highest BCUT2D eigenvalue weighted by molar-refractivity contribution is 14.1. The van der Waals surface area contributed by atoms with Gasteiger partial charge >= 0.3 is 0 Å². The first kappa shape index (κ1) is 52.3. The lowest BCUT2D eigenvalue weighted by Crippen LogP contribution is -2.25. The fourth-order valence-corrected chi connectivity index (χ4v) is 8.23. The number of nitrogens with zero attached hydrogens (tertiary/aromatic N) is 2. The third-order valence-corrected chi connectivity index (χ3v) is 14.0. The standard InChI is InChI=1S/C26H29NO6S.C25H26INO5S/c1-18-4-8-22(16-29)23(12-18)17-33-26-14-20(7-11-24(26)27(2)34(3,31)32)13-25(30)21-9-5-19(15-28)6-10-21;1-17-4-6-20(15-28)21(12-17)16-32-25-14-18(5-11-23(25)27(2)33(3,30)31)13-24(29)19-7-9-22(26)10-8-19/h4-12,14,28-29H,13,15-17H2,1-3H3;4-12,14,28H,13,15-16H2,1-3H3. The van der Waals surface area contributed by atoms with Crippen LogP contribution in [0.4, 0.5) is 11.4 Å². The zero-order valence-corrected chi connectivity index (χ0v) is 42.0. The lowest BCUT2D eigenvalue weighted by molar-refractivity contribution is 0.0984. The van der Waals surface area contributed by atoms with Crippen molar-refractivity contribution in [1.29, 1.82) is 0 Å². The summed E-state index contributed by atoms with van der Waals surface area (Å²) in [4.78, 5) is 25.5. The van der Waals surface area contributed by atoms with E-state index in [4.69, 9.17) is 9.47 Å². The molecule has 354 valence electrons. The average molecular weight is 1060 g/mol. The summed E-state index contributed by atoms with van der Waals surface area (Å²) in [6.07, 6.45) is 2.49. The number of carbonyl (C=O) groups is 2. The maximum absolute atomic E-state index is 12.8. The number of carbonyl (C=O) groups excluding carboxylic acids is 2. The third-order valence-electron chi connectivity index (χ3n) is 10.9. The van der Waals surface area contributed by atoms with Gasteiger partial charge in [0, 0.05) is 41.6 Å². The molecule has 3 N–H and O–H groups in total. The molecule has 0 aliphatic heterocycles. The van der Waals surface area contributed by atoms with Crippen LogP contribution in [0.5, 0.6) is 11.5 Å². The Kier molecular flexibility index (Phi) is 18.3. The van der Waals surface area contributed by atoms with Crippen molar-refractivity contribution in [2.24, 2.45) is 0 Å². The quantitative estimate of drug-likeness (QED) is 0.0529. The van der Waals surface area contributed by atoms with E-state index in [1.54, 1.807) is 72.8 Å². The first-order valence-corrected chi connectivity index (χ1v) is 25.8. The van der Waals surface area contributed by atoms with Gasteiger partial charge in [-0.05, 0) is 112 Å². The van der Waals surface area contributed by atoms with E-state index >= 15 is 0 Å². The summed E-state index contributed by atoms with van der Waals surface area (Å²) in [6.45, 7) is 3.80. The monoisotopic (exact) mass is 1060 g/mol. The van der Waals surface area contributed by atoms with Crippen molar-refractivity contribution in [3.8, 4) is 11.5 Å². The Morgan fingerprint density at radius 2 is 0.881 bits per heavy atom. The highest BCUT2D eigenvalue weighted by Gasteiger charge is 2.21. The third kappa shape index (κ3) is 14.7. The minimum atomic E-state index is -3.54. The average Bonchev–Trinajstić information content (AvgIpc) is 3.29. The number of ketones is 2. The number of Topliss-reactive ketones (excluding diaryl/α,β-unsaturated/α-hetero) is 2. The van der Waals surface area contributed by atoms with E-state index in [2.05, 4.69) is 22.6 Å². The summed E-state index contributed by atoms with van der Waals surface area (Å²) in [5.41, 5.74) is 9.06. The molecule has 0 saturated carbocycles. The minimum absolute atomic E-state index is 0.0391. The predicted octanol–water partition coefficient (Wildman–Crippen LogP) is 7.87. The molecule has 16 heteroatoms. The topological polar surface area (TPSA) is 188 Å².